The highest BCUT2D eigenvalue weighted by Crippen LogP contribution is 2.40. The Labute approximate surface area is 212 Å². The van der Waals surface area contributed by atoms with Gasteiger partial charge in [0.25, 0.3) is 0 Å². The van der Waals surface area contributed by atoms with Gasteiger partial charge in [0.1, 0.15) is 42.5 Å². The number of ether oxygens (including phenoxy) is 2. The van der Waals surface area contributed by atoms with E-state index >= 15 is 0 Å². The third kappa shape index (κ3) is 4.60. The molecule has 3 heterocycles. The molecule has 37 heavy (non-hydrogen) atoms. The van der Waals surface area contributed by atoms with E-state index in [2.05, 4.69) is 20.4 Å². The Balaban J connectivity index is 1.55. The molecule has 0 saturated carbocycles. The van der Waals surface area contributed by atoms with Gasteiger partial charge in [-0.1, -0.05) is 22.9 Å². The van der Waals surface area contributed by atoms with E-state index in [1.807, 2.05) is 0 Å². The maximum Gasteiger partial charge on any atom is 0.194 e. The van der Waals surface area contributed by atoms with Crippen LogP contribution in [0.4, 0.5) is 13.2 Å². The largest absolute Gasteiger partial charge is 0.394 e. The molecule has 1 aliphatic heterocycles. The van der Waals surface area contributed by atoms with Gasteiger partial charge in [-0.2, -0.15) is 5.10 Å². The molecule has 194 valence electrons. The summed E-state index contributed by atoms with van der Waals surface area (Å²) in [6, 6.07) is 7.45. The van der Waals surface area contributed by atoms with Gasteiger partial charge in [-0.25, -0.2) is 27.5 Å². The molecule has 10 nitrogen and oxygen atoms in total. The lowest BCUT2D eigenvalue weighted by molar-refractivity contribution is -0.217. The molecule has 5 rings (SSSR count). The molecule has 4 aromatic rings. The van der Waals surface area contributed by atoms with Crippen LogP contribution in [-0.2, 0) is 9.47 Å². The van der Waals surface area contributed by atoms with Gasteiger partial charge in [0, 0.05) is 17.7 Å². The molecule has 1 saturated heterocycles. The average molecular weight is 537 g/mol. The highest BCUT2D eigenvalue weighted by Gasteiger charge is 2.49. The van der Waals surface area contributed by atoms with Crippen molar-refractivity contribution >= 4 is 11.6 Å². The van der Waals surface area contributed by atoms with Gasteiger partial charge in [-0.3, -0.25) is 0 Å². The Bertz CT molecular complexity index is 1400. The molecule has 2 aromatic carbocycles. The molecule has 1 unspecified atom stereocenters. The van der Waals surface area contributed by atoms with Crippen molar-refractivity contribution in [2.75, 3.05) is 13.7 Å². The molecular weight excluding hydrogens is 517 g/mol. The maximum absolute atomic E-state index is 13.8. The standard InChI is InChI=1S/C23H20ClF3N6O4/c1-36-21-19(32-8-16(30-31-32)11-5-14(25)18(27)15(26)6-11)20(35)17(9-34)37-22(21)23-28-10-29-33(23)13-4-2-3-12(24)7-13/h2-8,10,17,19-22,34-35H,9H2,1H3/t17-,19+,20?,21-,22-/m1/s1. The first kappa shape index (κ1) is 25.3. The van der Waals surface area contributed by atoms with Crippen molar-refractivity contribution in [1.29, 1.82) is 0 Å². The van der Waals surface area contributed by atoms with Crippen LogP contribution < -0.4 is 0 Å². The monoisotopic (exact) mass is 536 g/mol. The molecule has 1 aliphatic rings. The Kier molecular flexibility index (Phi) is 6.96. The van der Waals surface area contributed by atoms with Crippen LogP contribution in [0, 0.1) is 17.5 Å². The van der Waals surface area contributed by atoms with E-state index in [-0.39, 0.29) is 11.3 Å². The third-order valence-corrected chi connectivity index (χ3v) is 6.35. The zero-order valence-corrected chi connectivity index (χ0v) is 19.9. The first-order valence-corrected chi connectivity index (χ1v) is 11.4. The van der Waals surface area contributed by atoms with Crippen LogP contribution in [0.2, 0.25) is 5.02 Å². The number of hydrogen-bond acceptors (Lipinski definition) is 8. The smallest absolute Gasteiger partial charge is 0.194 e. The zero-order chi connectivity index (χ0) is 26.3. The van der Waals surface area contributed by atoms with Crippen molar-refractivity contribution in [3.05, 3.63) is 77.2 Å². The maximum atomic E-state index is 13.8. The van der Waals surface area contributed by atoms with E-state index in [1.54, 1.807) is 24.3 Å². The summed E-state index contributed by atoms with van der Waals surface area (Å²) in [5, 5.41) is 33.7. The fraction of sp³-hybridized carbons (Fsp3) is 0.304. The minimum absolute atomic E-state index is 0.0190. The molecule has 0 aliphatic carbocycles. The van der Waals surface area contributed by atoms with Crippen LogP contribution in [0.25, 0.3) is 16.9 Å². The van der Waals surface area contributed by atoms with Crippen molar-refractivity contribution in [3.8, 4) is 16.9 Å². The Morgan fingerprint density at radius 1 is 1.16 bits per heavy atom. The third-order valence-electron chi connectivity index (χ3n) is 6.12. The van der Waals surface area contributed by atoms with Gasteiger partial charge in [-0.05, 0) is 30.3 Å². The number of rotatable bonds is 6. The topological polar surface area (TPSA) is 120 Å². The number of aliphatic hydroxyl groups is 2. The summed E-state index contributed by atoms with van der Waals surface area (Å²) in [4.78, 5) is 4.32. The second-order valence-electron chi connectivity index (χ2n) is 8.31. The summed E-state index contributed by atoms with van der Waals surface area (Å²) < 4.78 is 55.4. The predicted octanol–water partition coefficient (Wildman–Crippen LogP) is 2.65. The van der Waals surface area contributed by atoms with E-state index in [0.29, 0.717) is 16.5 Å². The Morgan fingerprint density at radius 3 is 2.59 bits per heavy atom. The Morgan fingerprint density at radius 2 is 1.92 bits per heavy atom. The fourth-order valence-electron chi connectivity index (χ4n) is 4.38. The van der Waals surface area contributed by atoms with E-state index in [0.717, 1.165) is 12.1 Å². The van der Waals surface area contributed by atoms with Crippen molar-refractivity contribution in [2.45, 2.75) is 30.5 Å². The van der Waals surface area contributed by atoms with Gasteiger partial charge in [0.2, 0.25) is 0 Å². The van der Waals surface area contributed by atoms with Gasteiger partial charge in [0.05, 0.1) is 18.5 Å². The number of methoxy groups -OCH3 is 1. The summed E-state index contributed by atoms with van der Waals surface area (Å²) in [7, 11) is 1.39. The molecule has 14 heteroatoms. The highest BCUT2D eigenvalue weighted by molar-refractivity contribution is 6.30. The summed E-state index contributed by atoms with van der Waals surface area (Å²) in [6.45, 7) is -0.550. The van der Waals surface area contributed by atoms with Gasteiger partial charge >= 0.3 is 0 Å². The summed E-state index contributed by atoms with van der Waals surface area (Å²) in [6.07, 6.45) is -1.67. The number of aliphatic hydroxyl groups excluding tert-OH is 2. The first-order chi connectivity index (χ1) is 17.8. The fourth-order valence-corrected chi connectivity index (χ4v) is 4.56. The molecule has 0 spiro atoms. The van der Waals surface area contributed by atoms with Crippen molar-refractivity contribution in [1.82, 2.24) is 29.8 Å². The van der Waals surface area contributed by atoms with Gasteiger partial charge < -0.3 is 19.7 Å². The molecule has 0 bridgehead atoms. The SMILES string of the molecule is CO[C@H]1[C@H](c2ncnn2-c2cccc(Cl)c2)O[C@H](CO)C(O)[C@@H]1n1cc(-c2cc(F)c(F)c(F)c2)nn1. The number of benzene rings is 2. The molecule has 2 aromatic heterocycles. The molecule has 0 amide bonds. The lowest BCUT2D eigenvalue weighted by atomic mass is 9.92. The molecule has 2 N–H and O–H groups in total. The zero-order valence-electron chi connectivity index (χ0n) is 19.1. The van der Waals surface area contributed by atoms with Gasteiger partial charge in [0.15, 0.2) is 23.3 Å². The van der Waals surface area contributed by atoms with E-state index in [9.17, 15) is 23.4 Å². The van der Waals surface area contributed by atoms with Crippen LogP contribution in [0.3, 0.4) is 0 Å². The summed E-state index contributed by atoms with van der Waals surface area (Å²) in [5.74, 6) is -4.07. The number of nitrogens with zero attached hydrogens (tertiary/aromatic N) is 6. The Hall–Kier alpha value is -3.36. The summed E-state index contributed by atoms with van der Waals surface area (Å²) >= 11 is 6.13. The lowest BCUT2D eigenvalue weighted by Gasteiger charge is -2.43. The van der Waals surface area contributed by atoms with E-state index in [4.69, 9.17) is 21.1 Å². The quantitative estimate of drug-likeness (QED) is 0.361. The average Bonchev–Trinajstić information content (AvgIpc) is 3.57. The van der Waals surface area contributed by atoms with E-state index < -0.39 is 54.5 Å². The molecule has 1 fully saturated rings. The second-order valence-corrected chi connectivity index (χ2v) is 8.74. The van der Waals surface area contributed by atoms with Crippen LogP contribution in [0.15, 0.2) is 48.9 Å². The van der Waals surface area contributed by atoms with Gasteiger partial charge in [-0.15, -0.1) is 5.10 Å². The normalized spacial score (nSPS) is 23.9. The highest BCUT2D eigenvalue weighted by atomic mass is 35.5. The van der Waals surface area contributed by atoms with Crippen molar-refractivity contribution in [2.24, 2.45) is 0 Å². The minimum atomic E-state index is -1.60. The molecular formula is C23H20ClF3N6O4. The molecule has 5 atom stereocenters. The van der Waals surface area contributed by atoms with Crippen LogP contribution >= 0.6 is 11.6 Å². The number of halogens is 4. The molecule has 0 radical (unpaired) electrons. The summed E-state index contributed by atoms with van der Waals surface area (Å²) in [5.41, 5.74) is 0.546. The lowest BCUT2D eigenvalue weighted by Crippen LogP contribution is -2.53. The van der Waals surface area contributed by atoms with Crippen molar-refractivity contribution in [3.63, 3.8) is 0 Å². The minimum Gasteiger partial charge on any atom is -0.394 e. The number of hydrogen-bond donors (Lipinski definition) is 2. The number of aromatic nitrogens is 6. The van der Waals surface area contributed by atoms with Crippen molar-refractivity contribution < 1.29 is 32.9 Å². The predicted molar refractivity (Wildman–Crippen MR) is 122 cm³/mol. The van der Waals surface area contributed by atoms with Crippen LogP contribution in [0.5, 0.6) is 0 Å². The van der Waals surface area contributed by atoms with E-state index in [1.165, 1.54) is 29.0 Å². The van der Waals surface area contributed by atoms with Crippen LogP contribution in [0.1, 0.15) is 18.0 Å². The van der Waals surface area contributed by atoms with Crippen LogP contribution in [-0.4, -0.2) is 72.0 Å². The first-order valence-electron chi connectivity index (χ1n) is 11.0. The second kappa shape index (κ2) is 10.2.